The molecule has 0 radical (unpaired) electrons. The highest BCUT2D eigenvalue weighted by atomic mass is 35.5. The summed E-state index contributed by atoms with van der Waals surface area (Å²) < 4.78 is 5.01. The number of hydrogen-bond donors (Lipinski definition) is 2. The van der Waals surface area contributed by atoms with E-state index in [9.17, 15) is 0 Å². The van der Waals surface area contributed by atoms with E-state index in [0.29, 0.717) is 21.4 Å². The number of methoxy groups -OCH3 is 1. The Hall–Kier alpha value is -1.04. The molecule has 0 fully saturated rings. The number of nitrogens with one attached hydrogen (secondary N) is 1. The molecule has 4 nitrogen and oxygen atoms in total. The van der Waals surface area contributed by atoms with Crippen LogP contribution < -0.4 is 15.9 Å². The van der Waals surface area contributed by atoms with Gasteiger partial charge in [0.15, 0.2) is 10.9 Å². The van der Waals surface area contributed by atoms with Gasteiger partial charge in [-0.05, 0) is 29.9 Å². The first-order valence-corrected chi connectivity index (χ1v) is 5.32. The zero-order valence-corrected chi connectivity index (χ0v) is 10.7. The molecule has 0 bridgehead atoms. The van der Waals surface area contributed by atoms with Crippen LogP contribution in [-0.4, -0.2) is 18.4 Å². The topological polar surface area (TPSA) is 59.6 Å². The van der Waals surface area contributed by atoms with Gasteiger partial charge in [0.25, 0.3) is 0 Å². The Morgan fingerprint density at radius 2 is 2.06 bits per heavy atom. The molecule has 1 aromatic rings. The number of rotatable bonds is 3. The molecule has 7 heteroatoms. The Morgan fingerprint density at radius 1 is 1.50 bits per heavy atom. The van der Waals surface area contributed by atoms with Gasteiger partial charge in [-0.1, -0.05) is 23.2 Å². The Bertz CT molecular complexity index is 414. The number of halogens is 2. The SMILES string of the molecule is COc1c(Cl)cc(/C=N/NC(N)=S)cc1Cl. The lowest BCUT2D eigenvalue weighted by atomic mass is 10.2. The molecule has 0 aliphatic heterocycles. The summed E-state index contributed by atoms with van der Waals surface area (Å²) in [7, 11) is 1.50. The lowest BCUT2D eigenvalue weighted by Gasteiger charge is -2.06. The van der Waals surface area contributed by atoms with Crippen molar-refractivity contribution in [1.82, 2.24) is 5.43 Å². The Morgan fingerprint density at radius 3 is 2.50 bits per heavy atom. The van der Waals surface area contributed by atoms with E-state index in [2.05, 4.69) is 22.7 Å². The van der Waals surface area contributed by atoms with Crippen molar-refractivity contribution in [3.63, 3.8) is 0 Å². The highest BCUT2D eigenvalue weighted by Crippen LogP contribution is 2.33. The molecule has 1 rings (SSSR count). The molecule has 0 unspecified atom stereocenters. The highest BCUT2D eigenvalue weighted by Gasteiger charge is 2.07. The molecule has 0 saturated carbocycles. The van der Waals surface area contributed by atoms with E-state index in [1.807, 2.05) is 0 Å². The Balaban J connectivity index is 2.91. The monoisotopic (exact) mass is 277 g/mol. The van der Waals surface area contributed by atoms with Crippen molar-refractivity contribution < 1.29 is 4.74 Å². The first-order chi connectivity index (χ1) is 7.54. The smallest absolute Gasteiger partial charge is 0.184 e. The standard InChI is InChI=1S/C9H9Cl2N3OS/c1-15-8-6(10)2-5(3-7(8)11)4-13-14-9(12)16/h2-4H,1H3,(H3,12,14,16)/b13-4+. The Kier molecular flexibility index (Phi) is 4.79. The number of nitrogens with zero attached hydrogens (tertiary/aromatic N) is 1. The van der Waals surface area contributed by atoms with Crippen molar-refractivity contribution >= 4 is 46.7 Å². The van der Waals surface area contributed by atoms with E-state index in [-0.39, 0.29) is 5.11 Å². The van der Waals surface area contributed by atoms with Crippen LogP contribution in [-0.2, 0) is 0 Å². The van der Waals surface area contributed by atoms with E-state index in [1.54, 1.807) is 12.1 Å². The van der Waals surface area contributed by atoms with Crippen LogP contribution in [0.3, 0.4) is 0 Å². The fraction of sp³-hybridized carbons (Fsp3) is 0.111. The predicted molar refractivity (Wildman–Crippen MR) is 70.5 cm³/mol. The minimum atomic E-state index is 0.0851. The maximum Gasteiger partial charge on any atom is 0.184 e. The first-order valence-electron chi connectivity index (χ1n) is 4.16. The molecule has 86 valence electrons. The van der Waals surface area contributed by atoms with Gasteiger partial charge in [-0.2, -0.15) is 5.10 Å². The van der Waals surface area contributed by atoms with Crippen LogP contribution in [0, 0.1) is 0 Å². The van der Waals surface area contributed by atoms with Gasteiger partial charge in [-0.3, -0.25) is 5.43 Å². The first kappa shape index (κ1) is 13.0. The van der Waals surface area contributed by atoms with E-state index in [4.69, 9.17) is 33.7 Å². The van der Waals surface area contributed by atoms with Crippen LogP contribution >= 0.6 is 35.4 Å². The van der Waals surface area contributed by atoms with Gasteiger partial charge < -0.3 is 10.5 Å². The van der Waals surface area contributed by atoms with Gasteiger partial charge in [0, 0.05) is 0 Å². The van der Waals surface area contributed by atoms with E-state index in [0.717, 1.165) is 0 Å². The maximum atomic E-state index is 5.93. The van der Waals surface area contributed by atoms with Crippen molar-refractivity contribution in [1.29, 1.82) is 0 Å². The number of hydrogen-bond acceptors (Lipinski definition) is 3. The normalized spacial score (nSPS) is 10.4. The molecule has 0 saturated heterocycles. The summed E-state index contributed by atoms with van der Waals surface area (Å²) in [5.74, 6) is 0.433. The lowest BCUT2D eigenvalue weighted by Crippen LogP contribution is -2.23. The zero-order chi connectivity index (χ0) is 12.1. The van der Waals surface area contributed by atoms with Crippen LogP contribution in [0.25, 0.3) is 0 Å². The van der Waals surface area contributed by atoms with Gasteiger partial charge >= 0.3 is 0 Å². The summed E-state index contributed by atoms with van der Waals surface area (Å²) in [5.41, 5.74) is 8.33. The van der Waals surface area contributed by atoms with E-state index >= 15 is 0 Å². The fourth-order valence-corrected chi connectivity index (χ4v) is 1.73. The van der Waals surface area contributed by atoms with E-state index in [1.165, 1.54) is 13.3 Å². The number of nitrogens with two attached hydrogens (primary N) is 1. The quantitative estimate of drug-likeness (QED) is 0.505. The van der Waals surface area contributed by atoms with Crippen molar-refractivity contribution in [2.24, 2.45) is 10.8 Å². The van der Waals surface area contributed by atoms with E-state index < -0.39 is 0 Å². The predicted octanol–water partition coefficient (Wildman–Crippen LogP) is 2.17. The number of thiocarbonyl (C=S) groups is 1. The molecule has 0 heterocycles. The fourth-order valence-electron chi connectivity index (χ4n) is 1.02. The van der Waals surface area contributed by atoms with Crippen LogP contribution in [0.2, 0.25) is 10.0 Å². The average Bonchev–Trinajstić information content (AvgIpc) is 2.16. The van der Waals surface area contributed by atoms with Crippen molar-refractivity contribution in [2.75, 3.05) is 7.11 Å². The summed E-state index contributed by atoms with van der Waals surface area (Å²) >= 11 is 16.5. The van der Waals surface area contributed by atoms with Crippen LogP contribution in [0.1, 0.15) is 5.56 Å². The summed E-state index contributed by atoms with van der Waals surface area (Å²) in [4.78, 5) is 0. The third kappa shape index (κ3) is 3.52. The van der Waals surface area contributed by atoms with Crippen LogP contribution in [0.4, 0.5) is 0 Å². The number of hydrazone groups is 1. The second-order valence-corrected chi connectivity index (χ2v) is 4.01. The molecular weight excluding hydrogens is 269 g/mol. The van der Waals surface area contributed by atoms with Crippen molar-refractivity contribution in [2.45, 2.75) is 0 Å². The van der Waals surface area contributed by atoms with Gasteiger partial charge in [-0.25, -0.2) is 0 Å². The molecule has 3 N–H and O–H groups in total. The minimum absolute atomic E-state index is 0.0851. The van der Waals surface area contributed by atoms with Gasteiger partial charge in [0.2, 0.25) is 0 Å². The summed E-state index contributed by atoms with van der Waals surface area (Å²) in [6.07, 6.45) is 1.50. The molecule has 0 atom stereocenters. The third-order valence-electron chi connectivity index (χ3n) is 1.61. The van der Waals surface area contributed by atoms with Crippen molar-refractivity contribution in [3.05, 3.63) is 27.7 Å². The maximum absolute atomic E-state index is 5.93. The highest BCUT2D eigenvalue weighted by molar-refractivity contribution is 7.80. The molecule has 16 heavy (non-hydrogen) atoms. The zero-order valence-electron chi connectivity index (χ0n) is 8.33. The van der Waals surface area contributed by atoms with Crippen LogP contribution in [0.15, 0.2) is 17.2 Å². The third-order valence-corrected chi connectivity index (χ3v) is 2.27. The molecule has 0 aromatic heterocycles. The Labute approximate surface area is 108 Å². The molecule has 0 amide bonds. The average molecular weight is 278 g/mol. The number of ether oxygens (including phenoxy) is 1. The lowest BCUT2D eigenvalue weighted by molar-refractivity contribution is 0.415. The second kappa shape index (κ2) is 5.89. The van der Waals surface area contributed by atoms with Gasteiger partial charge in [0.1, 0.15) is 0 Å². The molecule has 0 aliphatic carbocycles. The van der Waals surface area contributed by atoms with Gasteiger partial charge in [-0.15, -0.1) is 0 Å². The van der Waals surface area contributed by atoms with Gasteiger partial charge in [0.05, 0.1) is 23.4 Å². The number of benzene rings is 1. The van der Waals surface area contributed by atoms with Crippen molar-refractivity contribution in [3.8, 4) is 5.75 Å². The summed E-state index contributed by atoms with van der Waals surface area (Å²) in [6, 6.07) is 3.33. The summed E-state index contributed by atoms with van der Waals surface area (Å²) in [5, 5.41) is 4.68. The molecular formula is C9H9Cl2N3OS. The van der Waals surface area contributed by atoms with Crippen LogP contribution in [0.5, 0.6) is 5.75 Å². The molecule has 0 spiro atoms. The molecule has 1 aromatic carbocycles. The summed E-state index contributed by atoms with van der Waals surface area (Å²) in [6.45, 7) is 0. The molecule has 0 aliphatic rings. The largest absolute Gasteiger partial charge is 0.494 e. The second-order valence-electron chi connectivity index (χ2n) is 2.75. The minimum Gasteiger partial charge on any atom is -0.494 e.